The SMILES string of the molecule is Cc1ccc(Br)cc1C(C(N)CC(=O)O)N(C)C. The Morgan fingerprint density at radius 2 is 2.11 bits per heavy atom. The molecular formula is C13H19BrN2O2. The van der Waals surface area contributed by atoms with Crippen LogP contribution in [0.4, 0.5) is 0 Å². The van der Waals surface area contributed by atoms with Gasteiger partial charge in [0.15, 0.2) is 0 Å². The molecule has 0 radical (unpaired) electrons. The zero-order valence-electron chi connectivity index (χ0n) is 10.9. The number of likely N-dealkylation sites (N-methyl/N-ethyl adjacent to an activating group) is 1. The van der Waals surface area contributed by atoms with E-state index in [0.717, 1.165) is 15.6 Å². The molecule has 0 saturated heterocycles. The number of halogens is 1. The van der Waals surface area contributed by atoms with Gasteiger partial charge in [-0.2, -0.15) is 0 Å². The second-order valence-corrected chi connectivity index (χ2v) is 5.59. The first kappa shape index (κ1) is 15.1. The van der Waals surface area contributed by atoms with Gasteiger partial charge in [-0.25, -0.2) is 0 Å². The summed E-state index contributed by atoms with van der Waals surface area (Å²) in [6.07, 6.45) is -0.0468. The van der Waals surface area contributed by atoms with Gasteiger partial charge in [0.1, 0.15) is 0 Å². The number of carboxylic acid groups (broad SMARTS) is 1. The van der Waals surface area contributed by atoms with Gasteiger partial charge in [-0.05, 0) is 44.3 Å². The summed E-state index contributed by atoms with van der Waals surface area (Å²) in [5.74, 6) is -0.873. The topological polar surface area (TPSA) is 66.6 Å². The smallest absolute Gasteiger partial charge is 0.304 e. The lowest BCUT2D eigenvalue weighted by molar-refractivity contribution is -0.137. The highest BCUT2D eigenvalue weighted by atomic mass is 79.9. The molecule has 0 aromatic heterocycles. The normalized spacial score (nSPS) is 14.6. The van der Waals surface area contributed by atoms with Crippen LogP contribution in [-0.4, -0.2) is 36.1 Å². The van der Waals surface area contributed by atoms with E-state index in [1.165, 1.54) is 0 Å². The lowest BCUT2D eigenvalue weighted by Gasteiger charge is -2.31. The van der Waals surface area contributed by atoms with Crippen LogP contribution < -0.4 is 5.73 Å². The standard InChI is InChI=1S/C13H19BrN2O2/c1-8-4-5-9(14)6-10(8)13(16(2)3)11(15)7-12(17)18/h4-6,11,13H,7,15H2,1-3H3,(H,17,18). The van der Waals surface area contributed by atoms with Crippen LogP contribution >= 0.6 is 15.9 Å². The van der Waals surface area contributed by atoms with Crippen LogP contribution in [-0.2, 0) is 4.79 Å². The molecule has 3 N–H and O–H groups in total. The second-order valence-electron chi connectivity index (χ2n) is 4.67. The Morgan fingerprint density at radius 1 is 1.50 bits per heavy atom. The fourth-order valence-corrected chi connectivity index (χ4v) is 2.51. The van der Waals surface area contributed by atoms with Gasteiger partial charge in [0, 0.05) is 10.5 Å². The molecule has 1 rings (SSSR count). The summed E-state index contributed by atoms with van der Waals surface area (Å²) in [6.45, 7) is 2.01. The third-order valence-corrected chi connectivity index (χ3v) is 3.43. The molecule has 1 aromatic carbocycles. The van der Waals surface area contributed by atoms with Crippen molar-refractivity contribution in [3.63, 3.8) is 0 Å². The van der Waals surface area contributed by atoms with Crippen molar-refractivity contribution in [2.45, 2.75) is 25.4 Å². The maximum absolute atomic E-state index is 10.8. The van der Waals surface area contributed by atoms with Gasteiger partial charge in [0.05, 0.1) is 12.5 Å². The quantitative estimate of drug-likeness (QED) is 0.874. The Balaban J connectivity index is 3.11. The van der Waals surface area contributed by atoms with Crippen LogP contribution in [0.5, 0.6) is 0 Å². The van der Waals surface area contributed by atoms with Crippen molar-refractivity contribution in [1.29, 1.82) is 0 Å². The minimum Gasteiger partial charge on any atom is -0.481 e. The van der Waals surface area contributed by atoms with Gasteiger partial charge in [-0.15, -0.1) is 0 Å². The highest BCUT2D eigenvalue weighted by Crippen LogP contribution is 2.28. The van der Waals surface area contributed by atoms with Crippen molar-refractivity contribution in [2.24, 2.45) is 5.73 Å². The van der Waals surface area contributed by atoms with Gasteiger partial charge in [-0.3, -0.25) is 4.79 Å². The Hall–Kier alpha value is -0.910. The van der Waals surface area contributed by atoms with Crippen molar-refractivity contribution < 1.29 is 9.90 Å². The lowest BCUT2D eigenvalue weighted by atomic mass is 9.93. The number of rotatable bonds is 5. The molecule has 0 spiro atoms. The number of carboxylic acids is 1. The van der Waals surface area contributed by atoms with Crippen LogP contribution in [0, 0.1) is 6.92 Å². The number of aryl methyl sites for hydroxylation is 1. The molecule has 0 aliphatic carbocycles. The van der Waals surface area contributed by atoms with E-state index in [-0.39, 0.29) is 12.5 Å². The van der Waals surface area contributed by atoms with Crippen molar-refractivity contribution >= 4 is 21.9 Å². The largest absolute Gasteiger partial charge is 0.481 e. The number of hydrogen-bond acceptors (Lipinski definition) is 3. The van der Waals surface area contributed by atoms with Gasteiger partial charge >= 0.3 is 5.97 Å². The Bertz CT molecular complexity index is 435. The molecule has 0 saturated carbocycles. The molecule has 18 heavy (non-hydrogen) atoms. The molecule has 0 aliphatic heterocycles. The highest BCUT2D eigenvalue weighted by Gasteiger charge is 2.25. The Labute approximate surface area is 116 Å². The lowest BCUT2D eigenvalue weighted by Crippen LogP contribution is -2.39. The van der Waals surface area contributed by atoms with Gasteiger partial charge in [0.2, 0.25) is 0 Å². The molecule has 1 aromatic rings. The highest BCUT2D eigenvalue weighted by molar-refractivity contribution is 9.10. The fraction of sp³-hybridized carbons (Fsp3) is 0.462. The number of aliphatic carboxylic acids is 1. The van der Waals surface area contributed by atoms with Crippen LogP contribution in [0.3, 0.4) is 0 Å². The first-order valence-corrected chi connectivity index (χ1v) is 6.52. The van der Waals surface area contributed by atoms with E-state index in [4.69, 9.17) is 10.8 Å². The molecule has 5 heteroatoms. The van der Waals surface area contributed by atoms with E-state index < -0.39 is 12.0 Å². The third kappa shape index (κ3) is 3.80. The van der Waals surface area contributed by atoms with Crippen LogP contribution in [0.15, 0.2) is 22.7 Å². The van der Waals surface area contributed by atoms with Crippen molar-refractivity contribution in [3.05, 3.63) is 33.8 Å². The molecule has 4 nitrogen and oxygen atoms in total. The van der Waals surface area contributed by atoms with Crippen molar-refractivity contribution in [2.75, 3.05) is 14.1 Å². The first-order valence-electron chi connectivity index (χ1n) is 5.72. The van der Waals surface area contributed by atoms with E-state index in [9.17, 15) is 4.79 Å². The number of nitrogens with two attached hydrogens (primary N) is 1. The number of carbonyl (C=O) groups is 1. The zero-order chi connectivity index (χ0) is 13.9. The summed E-state index contributed by atoms with van der Waals surface area (Å²) < 4.78 is 0.970. The maximum atomic E-state index is 10.8. The second kappa shape index (κ2) is 6.31. The number of nitrogens with zero attached hydrogens (tertiary/aromatic N) is 1. The maximum Gasteiger partial charge on any atom is 0.304 e. The monoisotopic (exact) mass is 314 g/mol. The minimum atomic E-state index is -0.873. The molecule has 0 bridgehead atoms. The van der Waals surface area contributed by atoms with Crippen molar-refractivity contribution in [3.8, 4) is 0 Å². The summed E-state index contributed by atoms with van der Waals surface area (Å²) in [7, 11) is 3.82. The molecule has 2 atom stereocenters. The number of hydrogen-bond donors (Lipinski definition) is 2. The van der Waals surface area contributed by atoms with Crippen LogP contribution in [0.25, 0.3) is 0 Å². The van der Waals surface area contributed by atoms with Gasteiger partial charge in [0.25, 0.3) is 0 Å². The molecular weight excluding hydrogens is 296 g/mol. The summed E-state index contributed by atoms with van der Waals surface area (Å²) in [5.41, 5.74) is 8.20. The number of benzene rings is 1. The molecule has 100 valence electrons. The summed E-state index contributed by atoms with van der Waals surface area (Å²) in [5, 5.41) is 8.88. The predicted molar refractivity (Wildman–Crippen MR) is 75.5 cm³/mol. The average Bonchev–Trinajstić information content (AvgIpc) is 2.21. The molecule has 0 fully saturated rings. The van der Waals surface area contributed by atoms with E-state index in [0.29, 0.717) is 0 Å². The van der Waals surface area contributed by atoms with Crippen LogP contribution in [0.2, 0.25) is 0 Å². The molecule has 0 aliphatic rings. The van der Waals surface area contributed by atoms with E-state index in [2.05, 4.69) is 15.9 Å². The Morgan fingerprint density at radius 3 is 2.61 bits per heavy atom. The predicted octanol–water partition coefficient (Wildman–Crippen LogP) is 2.16. The minimum absolute atomic E-state index is 0.0468. The third-order valence-electron chi connectivity index (χ3n) is 2.93. The van der Waals surface area contributed by atoms with Gasteiger partial charge in [-0.1, -0.05) is 22.0 Å². The molecule has 0 amide bonds. The zero-order valence-corrected chi connectivity index (χ0v) is 12.4. The fourth-order valence-electron chi connectivity index (χ4n) is 2.14. The average molecular weight is 315 g/mol. The van der Waals surface area contributed by atoms with E-state index in [1.807, 2.05) is 44.1 Å². The summed E-state index contributed by atoms with van der Waals surface area (Å²) in [4.78, 5) is 12.8. The van der Waals surface area contributed by atoms with Crippen LogP contribution in [0.1, 0.15) is 23.6 Å². The van der Waals surface area contributed by atoms with Gasteiger partial charge < -0.3 is 15.7 Å². The summed E-state index contributed by atoms with van der Waals surface area (Å²) in [6, 6.07) is 5.42. The first-order chi connectivity index (χ1) is 8.32. The van der Waals surface area contributed by atoms with E-state index >= 15 is 0 Å². The molecule has 2 unspecified atom stereocenters. The van der Waals surface area contributed by atoms with Crippen molar-refractivity contribution in [1.82, 2.24) is 4.90 Å². The Kier molecular flexibility index (Phi) is 5.31. The van der Waals surface area contributed by atoms with E-state index in [1.54, 1.807) is 0 Å². The summed E-state index contributed by atoms with van der Waals surface area (Å²) >= 11 is 3.44. The molecule has 0 heterocycles.